The van der Waals surface area contributed by atoms with Crippen LogP contribution in [-0.4, -0.2) is 18.0 Å². The van der Waals surface area contributed by atoms with Crippen LogP contribution in [0, 0.1) is 5.82 Å². The summed E-state index contributed by atoms with van der Waals surface area (Å²) in [6.07, 6.45) is -6.06. The first-order chi connectivity index (χ1) is 8.05. The van der Waals surface area contributed by atoms with Gasteiger partial charge in [-0.05, 0) is 18.2 Å². The number of nitrogens with one attached hydrogen (secondary N) is 1. The van der Waals surface area contributed by atoms with Gasteiger partial charge in [0.1, 0.15) is 5.82 Å². The summed E-state index contributed by atoms with van der Waals surface area (Å²) in [4.78, 5) is 10.7. The van der Waals surface area contributed by atoms with Gasteiger partial charge in [-0.2, -0.15) is 22.0 Å². The summed E-state index contributed by atoms with van der Waals surface area (Å²) in [7, 11) is 0. The summed E-state index contributed by atoms with van der Waals surface area (Å²) in [5.41, 5.74) is -0.826. The third-order valence-corrected chi connectivity index (χ3v) is 2.06. The molecule has 2 nitrogen and oxygen atoms in total. The summed E-state index contributed by atoms with van der Waals surface area (Å²) in [6.45, 7) is 0. The number of halogens is 7. The Bertz CT molecular complexity index is 473. The molecule has 0 heterocycles. The summed E-state index contributed by atoms with van der Waals surface area (Å²) in [6, 6.07) is 2.44. The smallest absolute Gasteiger partial charge is 0.318 e. The molecule has 9 heteroatoms. The van der Waals surface area contributed by atoms with Crippen molar-refractivity contribution >= 4 is 23.2 Å². The molecule has 0 saturated heterocycles. The number of benzene rings is 1. The highest BCUT2D eigenvalue weighted by Gasteiger charge is 2.63. The van der Waals surface area contributed by atoms with Crippen LogP contribution >= 0.6 is 11.6 Å². The van der Waals surface area contributed by atoms with Crippen LogP contribution in [0.15, 0.2) is 18.2 Å². The summed E-state index contributed by atoms with van der Waals surface area (Å²) >= 11 is 5.34. The number of alkyl halides is 5. The molecule has 0 aliphatic heterocycles. The zero-order valence-electron chi connectivity index (χ0n) is 8.29. The van der Waals surface area contributed by atoms with Crippen LogP contribution in [0.2, 0.25) is 5.02 Å². The van der Waals surface area contributed by atoms with Crippen LogP contribution in [-0.2, 0) is 4.79 Å². The van der Waals surface area contributed by atoms with E-state index in [2.05, 4.69) is 0 Å². The first-order valence-electron chi connectivity index (χ1n) is 4.27. The van der Waals surface area contributed by atoms with Gasteiger partial charge in [0.15, 0.2) is 0 Å². The quantitative estimate of drug-likeness (QED) is 0.829. The predicted octanol–water partition coefficient (Wildman–Crippen LogP) is 3.62. The fourth-order valence-corrected chi connectivity index (χ4v) is 1.08. The zero-order chi connectivity index (χ0) is 14.1. The number of hydrogen-bond acceptors (Lipinski definition) is 1. The minimum atomic E-state index is -6.06. The Morgan fingerprint density at radius 2 is 1.72 bits per heavy atom. The van der Waals surface area contributed by atoms with Gasteiger partial charge < -0.3 is 5.32 Å². The normalized spacial score (nSPS) is 12.4. The van der Waals surface area contributed by atoms with Gasteiger partial charge in [-0.3, -0.25) is 4.79 Å². The Hall–Kier alpha value is -1.44. The van der Waals surface area contributed by atoms with Gasteiger partial charge in [-0.1, -0.05) is 11.6 Å². The van der Waals surface area contributed by atoms with Crippen molar-refractivity contribution in [2.75, 3.05) is 5.32 Å². The van der Waals surface area contributed by atoms with Gasteiger partial charge in [0.25, 0.3) is 0 Å². The molecule has 1 N–H and O–H groups in total. The minimum Gasteiger partial charge on any atom is -0.318 e. The molecule has 0 saturated carbocycles. The molecule has 0 unspecified atom stereocenters. The molecule has 0 fully saturated rings. The van der Waals surface area contributed by atoms with Gasteiger partial charge in [-0.25, -0.2) is 4.39 Å². The molecule has 1 aromatic rings. The number of hydrogen-bond donors (Lipinski definition) is 1. The lowest BCUT2D eigenvalue weighted by atomic mass is 10.2. The number of carbonyl (C=O) groups is 1. The van der Waals surface area contributed by atoms with Crippen molar-refractivity contribution in [2.45, 2.75) is 12.1 Å². The molecule has 0 aliphatic carbocycles. The average molecular weight is 292 g/mol. The molecule has 0 aromatic heterocycles. The van der Waals surface area contributed by atoms with Crippen molar-refractivity contribution in [3.05, 3.63) is 29.0 Å². The Kier molecular flexibility index (Phi) is 3.80. The highest BCUT2D eigenvalue weighted by Crippen LogP contribution is 2.36. The molecule has 18 heavy (non-hydrogen) atoms. The summed E-state index contributed by atoms with van der Waals surface area (Å²) in [5, 5.41) is 1.04. The largest absolute Gasteiger partial charge is 0.463 e. The van der Waals surface area contributed by atoms with Gasteiger partial charge in [0.2, 0.25) is 0 Å². The van der Waals surface area contributed by atoms with Crippen LogP contribution < -0.4 is 5.32 Å². The third kappa shape index (κ3) is 2.87. The minimum absolute atomic E-state index is 0.104. The maximum atomic E-state index is 13.1. The summed E-state index contributed by atoms with van der Waals surface area (Å²) < 4.78 is 73.6. The maximum Gasteiger partial charge on any atom is 0.463 e. The van der Waals surface area contributed by atoms with Crippen molar-refractivity contribution < 1.29 is 31.1 Å². The van der Waals surface area contributed by atoms with E-state index in [9.17, 15) is 31.1 Å². The van der Waals surface area contributed by atoms with E-state index < -0.39 is 29.5 Å². The van der Waals surface area contributed by atoms with E-state index in [1.807, 2.05) is 0 Å². The van der Waals surface area contributed by atoms with Crippen molar-refractivity contribution in [3.63, 3.8) is 0 Å². The second-order valence-electron chi connectivity index (χ2n) is 3.15. The second kappa shape index (κ2) is 4.68. The standard InChI is InChI=1S/C9H4ClF6NO/c10-4-1-2-6(5(11)3-4)17-7(18)8(12,13)9(14,15)16/h1-3H,(H,17,18). The molecular weight excluding hydrogens is 288 g/mol. The molecule has 100 valence electrons. The molecule has 1 rings (SSSR count). The van der Waals surface area contributed by atoms with E-state index in [4.69, 9.17) is 11.6 Å². The SMILES string of the molecule is O=C(Nc1ccc(Cl)cc1F)C(F)(F)C(F)(F)F. The number of amides is 1. The lowest BCUT2D eigenvalue weighted by molar-refractivity contribution is -0.267. The fraction of sp³-hybridized carbons (Fsp3) is 0.222. The third-order valence-electron chi connectivity index (χ3n) is 1.82. The maximum absolute atomic E-state index is 13.1. The van der Waals surface area contributed by atoms with Crippen LogP contribution in [0.4, 0.5) is 32.0 Å². The van der Waals surface area contributed by atoms with E-state index in [0.717, 1.165) is 17.4 Å². The number of carbonyl (C=O) groups excluding carboxylic acids is 1. The lowest BCUT2D eigenvalue weighted by Crippen LogP contribution is -2.47. The van der Waals surface area contributed by atoms with Crippen LogP contribution in [0.5, 0.6) is 0 Å². The van der Waals surface area contributed by atoms with Crippen molar-refractivity contribution in [1.82, 2.24) is 0 Å². The Morgan fingerprint density at radius 3 is 2.17 bits per heavy atom. The molecule has 0 atom stereocenters. The second-order valence-corrected chi connectivity index (χ2v) is 3.59. The van der Waals surface area contributed by atoms with Crippen molar-refractivity contribution in [1.29, 1.82) is 0 Å². The van der Waals surface area contributed by atoms with Crippen molar-refractivity contribution in [2.24, 2.45) is 0 Å². The molecule has 1 aromatic carbocycles. The molecule has 0 radical (unpaired) electrons. The van der Waals surface area contributed by atoms with E-state index in [1.54, 1.807) is 0 Å². The van der Waals surface area contributed by atoms with Gasteiger partial charge in [0, 0.05) is 5.02 Å². The molecule has 0 spiro atoms. The Labute approximate surface area is 102 Å². The predicted molar refractivity (Wildman–Crippen MR) is 51.0 cm³/mol. The van der Waals surface area contributed by atoms with E-state index in [-0.39, 0.29) is 5.02 Å². The molecule has 0 bridgehead atoms. The Balaban J connectivity index is 2.95. The van der Waals surface area contributed by atoms with Crippen LogP contribution in [0.3, 0.4) is 0 Å². The monoisotopic (exact) mass is 291 g/mol. The fourth-order valence-electron chi connectivity index (χ4n) is 0.920. The van der Waals surface area contributed by atoms with Crippen LogP contribution in [0.25, 0.3) is 0 Å². The molecular formula is C9H4ClF6NO. The van der Waals surface area contributed by atoms with E-state index in [0.29, 0.717) is 6.07 Å². The molecule has 0 aliphatic rings. The van der Waals surface area contributed by atoms with E-state index in [1.165, 1.54) is 0 Å². The van der Waals surface area contributed by atoms with Crippen molar-refractivity contribution in [3.8, 4) is 0 Å². The van der Waals surface area contributed by atoms with Gasteiger partial charge in [-0.15, -0.1) is 0 Å². The average Bonchev–Trinajstić information content (AvgIpc) is 2.20. The first kappa shape index (κ1) is 14.6. The number of anilines is 1. The van der Waals surface area contributed by atoms with E-state index >= 15 is 0 Å². The zero-order valence-corrected chi connectivity index (χ0v) is 9.04. The molecule has 1 amide bonds. The van der Waals surface area contributed by atoms with Gasteiger partial charge >= 0.3 is 18.0 Å². The Morgan fingerprint density at radius 1 is 1.17 bits per heavy atom. The van der Waals surface area contributed by atoms with Crippen LogP contribution in [0.1, 0.15) is 0 Å². The summed E-state index contributed by atoms with van der Waals surface area (Å²) in [5.74, 6) is -9.51. The van der Waals surface area contributed by atoms with Gasteiger partial charge in [0.05, 0.1) is 5.69 Å². The number of rotatable bonds is 2. The highest BCUT2D eigenvalue weighted by molar-refractivity contribution is 6.30. The topological polar surface area (TPSA) is 29.1 Å². The first-order valence-corrected chi connectivity index (χ1v) is 4.64. The lowest BCUT2D eigenvalue weighted by Gasteiger charge is -2.18. The highest BCUT2D eigenvalue weighted by atomic mass is 35.5.